The first kappa shape index (κ1) is 9.69. The van der Waals surface area contributed by atoms with Gasteiger partial charge in [0.25, 0.3) is 0 Å². The van der Waals surface area contributed by atoms with Crippen molar-refractivity contribution >= 4 is 5.97 Å². The summed E-state index contributed by atoms with van der Waals surface area (Å²) in [6.07, 6.45) is 5.21. The second-order valence-corrected chi connectivity index (χ2v) is 2.22. The van der Waals surface area contributed by atoms with Gasteiger partial charge < -0.3 is 5.11 Å². The number of hydrogen-bond acceptors (Lipinski definition) is 1. The standard InChI is InChI=1S/C9H12O2/c1-4-5-7(2)6-8(3)9(10)11/h4-6H,3H2,1-2H3,(H,10,11)/b5-4-,7-6-. The molecule has 0 heterocycles. The van der Waals surface area contributed by atoms with Crippen molar-refractivity contribution in [3.8, 4) is 0 Å². The zero-order chi connectivity index (χ0) is 8.85. The Bertz CT molecular complexity index is 222. The van der Waals surface area contributed by atoms with Crippen molar-refractivity contribution in [2.75, 3.05) is 0 Å². The monoisotopic (exact) mass is 152 g/mol. The van der Waals surface area contributed by atoms with Gasteiger partial charge in [0.05, 0.1) is 5.57 Å². The van der Waals surface area contributed by atoms with Crippen LogP contribution in [0, 0.1) is 0 Å². The van der Waals surface area contributed by atoms with E-state index in [1.54, 1.807) is 0 Å². The number of carboxylic acid groups (broad SMARTS) is 1. The molecule has 0 aliphatic heterocycles. The molecule has 0 saturated heterocycles. The van der Waals surface area contributed by atoms with E-state index in [0.29, 0.717) is 0 Å². The zero-order valence-electron chi connectivity index (χ0n) is 6.79. The molecule has 0 atom stereocenters. The van der Waals surface area contributed by atoms with Gasteiger partial charge in [-0.1, -0.05) is 24.3 Å². The van der Waals surface area contributed by atoms with Crippen molar-refractivity contribution in [2.45, 2.75) is 13.8 Å². The van der Waals surface area contributed by atoms with Gasteiger partial charge in [0.2, 0.25) is 0 Å². The van der Waals surface area contributed by atoms with Gasteiger partial charge in [-0.2, -0.15) is 0 Å². The van der Waals surface area contributed by atoms with Crippen molar-refractivity contribution < 1.29 is 9.90 Å². The molecule has 1 N–H and O–H groups in total. The fraction of sp³-hybridized carbons (Fsp3) is 0.222. The lowest BCUT2D eigenvalue weighted by Crippen LogP contribution is -1.95. The van der Waals surface area contributed by atoms with Crippen LogP contribution >= 0.6 is 0 Å². The van der Waals surface area contributed by atoms with Crippen LogP contribution in [0.1, 0.15) is 13.8 Å². The average molecular weight is 152 g/mol. The van der Waals surface area contributed by atoms with Gasteiger partial charge in [-0.25, -0.2) is 4.79 Å². The Balaban J connectivity index is 4.31. The molecule has 0 aliphatic carbocycles. The van der Waals surface area contributed by atoms with Crippen molar-refractivity contribution in [3.63, 3.8) is 0 Å². The van der Waals surface area contributed by atoms with Crippen molar-refractivity contribution in [3.05, 3.63) is 36.0 Å². The summed E-state index contributed by atoms with van der Waals surface area (Å²) in [5.41, 5.74) is 1.00. The molecular formula is C9H12O2. The number of rotatable bonds is 3. The summed E-state index contributed by atoms with van der Waals surface area (Å²) >= 11 is 0. The highest BCUT2D eigenvalue weighted by molar-refractivity contribution is 5.89. The predicted octanol–water partition coefficient (Wildman–Crippen LogP) is 2.15. The topological polar surface area (TPSA) is 37.3 Å². The molecule has 0 radical (unpaired) electrons. The summed E-state index contributed by atoms with van der Waals surface area (Å²) in [7, 11) is 0. The van der Waals surface area contributed by atoms with Crippen LogP contribution in [0.4, 0.5) is 0 Å². The largest absolute Gasteiger partial charge is 0.478 e. The van der Waals surface area contributed by atoms with E-state index in [0.717, 1.165) is 5.57 Å². The highest BCUT2D eigenvalue weighted by Crippen LogP contribution is 2.01. The number of hydrogen-bond donors (Lipinski definition) is 1. The second kappa shape index (κ2) is 4.50. The molecule has 11 heavy (non-hydrogen) atoms. The molecule has 0 aromatic rings. The summed E-state index contributed by atoms with van der Waals surface area (Å²) in [4.78, 5) is 10.3. The summed E-state index contributed by atoms with van der Waals surface area (Å²) in [6.45, 7) is 7.07. The molecule has 0 saturated carbocycles. The highest BCUT2D eigenvalue weighted by Gasteiger charge is 1.97. The summed E-state index contributed by atoms with van der Waals surface area (Å²) in [5, 5.41) is 8.43. The Morgan fingerprint density at radius 1 is 1.55 bits per heavy atom. The number of allylic oxidation sites excluding steroid dienone is 3. The lowest BCUT2D eigenvalue weighted by atomic mass is 10.2. The molecule has 0 aromatic heterocycles. The average Bonchev–Trinajstić information content (AvgIpc) is 1.87. The molecule has 0 bridgehead atoms. The van der Waals surface area contributed by atoms with Crippen LogP contribution in [0.3, 0.4) is 0 Å². The van der Waals surface area contributed by atoms with E-state index in [1.807, 2.05) is 26.0 Å². The maximum atomic E-state index is 10.3. The first-order valence-electron chi connectivity index (χ1n) is 3.31. The normalized spacial score (nSPS) is 12.0. The number of carbonyl (C=O) groups is 1. The Hall–Kier alpha value is -1.31. The van der Waals surface area contributed by atoms with E-state index >= 15 is 0 Å². The van der Waals surface area contributed by atoms with Crippen molar-refractivity contribution in [1.82, 2.24) is 0 Å². The summed E-state index contributed by atoms with van der Waals surface area (Å²) < 4.78 is 0. The number of aliphatic carboxylic acids is 1. The quantitative estimate of drug-likeness (QED) is 0.497. The smallest absolute Gasteiger partial charge is 0.335 e. The van der Waals surface area contributed by atoms with E-state index in [9.17, 15) is 4.79 Å². The van der Waals surface area contributed by atoms with Gasteiger partial charge in [0.1, 0.15) is 0 Å². The Morgan fingerprint density at radius 2 is 2.09 bits per heavy atom. The fourth-order valence-electron chi connectivity index (χ4n) is 0.648. The molecule has 0 rings (SSSR count). The van der Waals surface area contributed by atoms with Gasteiger partial charge in [0, 0.05) is 0 Å². The first-order chi connectivity index (χ1) is 5.07. The van der Waals surface area contributed by atoms with Crippen LogP contribution in [-0.4, -0.2) is 11.1 Å². The van der Waals surface area contributed by atoms with E-state index < -0.39 is 5.97 Å². The molecular weight excluding hydrogens is 140 g/mol. The Labute approximate surface area is 66.5 Å². The van der Waals surface area contributed by atoms with Crippen LogP contribution in [0.5, 0.6) is 0 Å². The lowest BCUT2D eigenvalue weighted by molar-refractivity contribution is -0.132. The Kier molecular flexibility index (Phi) is 3.96. The lowest BCUT2D eigenvalue weighted by Gasteiger charge is -1.92. The minimum atomic E-state index is -0.978. The fourth-order valence-corrected chi connectivity index (χ4v) is 0.648. The molecule has 0 amide bonds. The van der Waals surface area contributed by atoms with Crippen molar-refractivity contribution in [1.29, 1.82) is 0 Å². The van der Waals surface area contributed by atoms with Gasteiger partial charge in [-0.15, -0.1) is 0 Å². The molecule has 2 nitrogen and oxygen atoms in total. The minimum absolute atomic E-state index is 0.112. The number of carboxylic acids is 1. The molecule has 0 aromatic carbocycles. The summed E-state index contributed by atoms with van der Waals surface area (Å²) in [5.74, 6) is -0.978. The molecule has 2 heteroatoms. The van der Waals surface area contributed by atoms with E-state index in [-0.39, 0.29) is 5.57 Å². The Morgan fingerprint density at radius 3 is 2.45 bits per heavy atom. The zero-order valence-corrected chi connectivity index (χ0v) is 6.79. The van der Waals surface area contributed by atoms with E-state index in [4.69, 9.17) is 5.11 Å². The molecule has 0 fully saturated rings. The van der Waals surface area contributed by atoms with E-state index in [1.165, 1.54) is 6.08 Å². The van der Waals surface area contributed by atoms with Crippen LogP contribution in [0.15, 0.2) is 36.0 Å². The van der Waals surface area contributed by atoms with Crippen LogP contribution < -0.4 is 0 Å². The molecule has 60 valence electrons. The second-order valence-electron chi connectivity index (χ2n) is 2.22. The third-order valence-corrected chi connectivity index (χ3v) is 1.11. The predicted molar refractivity (Wildman–Crippen MR) is 45.3 cm³/mol. The third kappa shape index (κ3) is 4.14. The first-order valence-corrected chi connectivity index (χ1v) is 3.31. The van der Waals surface area contributed by atoms with Crippen molar-refractivity contribution in [2.24, 2.45) is 0 Å². The van der Waals surface area contributed by atoms with Gasteiger partial charge >= 0.3 is 5.97 Å². The minimum Gasteiger partial charge on any atom is -0.478 e. The third-order valence-electron chi connectivity index (χ3n) is 1.11. The van der Waals surface area contributed by atoms with Crippen LogP contribution in [0.2, 0.25) is 0 Å². The molecule has 0 spiro atoms. The SMILES string of the molecule is C=C(/C=C(C)\C=C/C)C(=O)O. The van der Waals surface area contributed by atoms with E-state index in [2.05, 4.69) is 6.58 Å². The summed E-state index contributed by atoms with van der Waals surface area (Å²) in [6, 6.07) is 0. The van der Waals surface area contributed by atoms with Gasteiger partial charge in [-0.05, 0) is 19.9 Å². The molecule has 0 unspecified atom stereocenters. The maximum Gasteiger partial charge on any atom is 0.335 e. The maximum absolute atomic E-state index is 10.3. The van der Waals surface area contributed by atoms with Gasteiger partial charge in [-0.3, -0.25) is 0 Å². The van der Waals surface area contributed by atoms with Crippen LogP contribution in [0.25, 0.3) is 0 Å². The highest BCUT2D eigenvalue weighted by atomic mass is 16.4. The van der Waals surface area contributed by atoms with Gasteiger partial charge in [0.15, 0.2) is 0 Å². The molecule has 0 aliphatic rings. The van der Waals surface area contributed by atoms with Crippen LogP contribution in [-0.2, 0) is 4.79 Å².